The van der Waals surface area contributed by atoms with Crippen molar-refractivity contribution in [2.24, 2.45) is 0 Å². The largest absolute Gasteiger partial charge is 0.466 e. The van der Waals surface area contributed by atoms with Crippen molar-refractivity contribution in [1.82, 2.24) is 15.5 Å². The quantitative estimate of drug-likeness (QED) is 0.0941. The number of halogens is 4. The second-order valence-electron chi connectivity index (χ2n) is 11.4. The number of alkyl halides is 2. The molecule has 3 aromatic rings. The molecule has 1 unspecified atom stereocenters. The number of aromatic nitrogens is 2. The highest BCUT2D eigenvalue weighted by molar-refractivity contribution is 6.54. The average Bonchev–Trinajstić information content (AvgIpc) is 3.48. The molecular formula is C32H36Cl4N4O7. The van der Waals surface area contributed by atoms with Crippen LogP contribution in [0.5, 0.6) is 0 Å². The third kappa shape index (κ3) is 11.7. The Hall–Kier alpha value is -3.38. The minimum absolute atomic E-state index is 0.0344. The maximum atomic E-state index is 13.4. The zero-order valence-electron chi connectivity index (χ0n) is 26.4. The van der Waals surface area contributed by atoms with Crippen LogP contribution in [-0.2, 0) is 23.9 Å². The van der Waals surface area contributed by atoms with Crippen molar-refractivity contribution in [1.29, 1.82) is 0 Å². The van der Waals surface area contributed by atoms with E-state index in [4.69, 9.17) is 60.4 Å². The van der Waals surface area contributed by atoms with Crippen molar-refractivity contribution in [2.75, 3.05) is 18.1 Å². The Bertz CT molecular complexity index is 1540. The molecule has 254 valence electrons. The van der Waals surface area contributed by atoms with E-state index in [0.29, 0.717) is 39.1 Å². The summed E-state index contributed by atoms with van der Waals surface area (Å²) in [5.74, 6) is -1.40. The smallest absolute Gasteiger partial charge is 0.408 e. The number of carbonyl (C=O) groups is 4. The lowest BCUT2D eigenvalue weighted by Gasteiger charge is -2.25. The Labute approximate surface area is 293 Å². The van der Waals surface area contributed by atoms with Gasteiger partial charge < -0.3 is 24.2 Å². The lowest BCUT2D eigenvalue weighted by molar-refractivity contribution is -0.144. The van der Waals surface area contributed by atoms with Gasteiger partial charge in [0, 0.05) is 42.9 Å². The molecule has 11 nitrogen and oxygen atoms in total. The van der Waals surface area contributed by atoms with E-state index >= 15 is 0 Å². The van der Waals surface area contributed by atoms with Crippen LogP contribution in [0.2, 0.25) is 10.0 Å². The number of pyridine rings is 1. The van der Waals surface area contributed by atoms with E-state index in [1.54, 1.807) is 51.1 Å². The number of nitrogens with one attached hydrogen (secondary N) is 1. The number of carbonyl (C=O) groups excluding carboxylic acids is 4. The number of hydrogen-bond acceptors (Lipinski definition) is 9. The van der Waals surface area contributed by atoms with Gasteiger partial charge in [-0.05, 0) is 57.9 Å². The summed E-state index contributed by atoms with van der Waals surface area (Å²) in [6, 6.07) is 8.62. The van der Waals surface area contributed by atoms with E-state index in [1.807, 2.05) is 6.92 Å². The number of hydrogen-bond donors (Lipinski definition) is 1. The number of amides is 2. The molecule has 0 aliphatic heterocycles. The Morgan fingerprint density at radius 3 is 2.36 bits per heavy atom. The number of Topliss-reactive ketones (excluding diaryl/α,β-unsaturated/α-hetero) is 1. The van der Waals surface area contributed by atoms with Crippen LogP contribution in [0.4, 0.5) is 10.5 Å². The number of nitrogens with zero attached hydrogens (tertiary/aromatic N) is 3. The minimum atomic E-state index is -1.45. The predicted molar refractivity (Wildman–Crippen MR) is 181 cm³/mol. The standard InChI is InChI=1S/C32H36Cl4N4O7/c1-5-6-16-45-27(42)11-10-22(38-31(44)46-32(2,3)4)25(41)13-15-40(30(43)29(35)36)19-12-14-37-23(17-19)26-18-24(39-47-26)28-20(33)8-7-9-21(28)34/h7-9,12,14,17-18,22,29H,5-6,10-11,13,15-16H2,1-4H3,(H,38,44). The molecule has 0 saturated heterocycles. The molecule has 2 heterocycles. The molecule has 1 N–H and O–H groups in total. The summed E-state index contributed by atoms with van der Waals surface area (Å²) in [6.07, 6.45) is 1.79. The molecule has 0 saturated carbocycles. The molecule has 0 radical (unpaired) electrons. The van der Waals surface area contributed by atoms with Crippen LogP contribution in [0, 0.1) is 0 Å². The molecule has 0 fully saturated rings. The molecule has 1 aromatic carbocycles. The van der Waals surface area contributed by atoms with E-state index in [9.17, 15) is 19.2 Å². The Morgan fingerprint density at radius 1 is 1.02 bits per heavy atom. The van der Waals surface area contributed by atoms with E-state index in [0.717, 1.165) is 6.42 Å². The molecular weight excluding hydrogens is 694 g/mol. The number of alkyl carbamates (subject to hydrolysis) is 1. The third-order valence-electron chi connectivity index (χ3n) is 6.55. The number of esters is 1. The van der Waals surface area contributed by atoms with Crippen molar-refractivity contribution in [2.45, 2.75) is 76.3 Å². The normalized spacial score (nSPS) is 12.0. The summed E-state index contributed by atoms with van der Waals surface area (Å²) in [4.78, 5) is 55.5. The Balaban J connectivity index is 1.81. The van der Waals surface area contributed by atoms with Gasteiger partial charge >= 0.3 is 12.1 Å². The molecule has 0 aliphatic carbocycles. The van der Waals surface area contributed by atoms with Crippen LogP contribution in [0.3, 0.4) is 0 Å². The summed E-state index contributed by atoms with van der Waals surface area (Å²) in [5.41, 5.74) is 0.650. The molecule has 0 aliphatic rings. The van der Waals surface area contributed by atoms with Gasteiger partial charge in [-0.3, -0.25) is 19.4 Å². The molecule has 2 amide bonds. The van der Waals surface area contributed by atoms with E-state index in [-0.39, 0.29) is 38.2 Å². The zero-order chi connectivity index (χ0) is 34.7. The molecule has 1 atom stereocenters. The van der Waals surface area contributed by atoms with Gasteiger partial charge in [-0.15, -0.1) is 0 Å². The number of benzene rings is 1. The molecule has 0 spiro atoms. The predicted octanol–water partition coefficient (Wildman–Crippen LogP) is 7.82. The monoisotopic (exact) mass is 728 g/mol. The molecule has 2 aromatic heterocycles. The highest BCUT2D eigenvalue weighted by Gasteiger charge is 2.28. The van der Waals surface area contributed by atoms with Crippen LogP contribution in [-0.4, -0.2) is 63.5 Å². The highest BCUT2D eigenvalue weighted by atomic mass is 35.5. The van der Waals surface area contributed by atoms with Gasteiger partial charge in [-0.25, -0.2) is 4.79 Å². The average molecular weight is 730 g/mol. The maximum absolute atomic E-state index is 13.4. The van der Waals surface area contributed by atoms with Gasteiger partial charge in [-0.1, -0.05) is 71.0 Å². The van der Waals surface area contributed by atoms with E-state index in [2.05, 4.69) is 15.5 Å². The summed E-state index contributed by atoms with van der Waals surface area (Å²) in [5, 5.41) is 7.37. The lowest BCUT2D eigenvalue weighted by Crippen LogP contribution is -2.45. The zero-order valence-corrected chi connectivity index (χ0v) is 29.4. The third-order valence-corrected chi connectivity index (χ3v) is 7.55. The van der Waals surface area contributed by atoms with Crippen molar-refractivity contribution in [3.8, 4) is 22.7 Å². The van der Waals surface area contributed by atoms with Crippen LogP contribution in [0.25, 0.3) is 22.7 Å². The van der Waals surface area contributed by atoms with Gasteiger partial charge in [-0.2, -0.15) is 0 Å². The van der Waals surface area contributed by atoms with Crippen LogP contribution in [0.1, 0.15) is 59.8 Å². The van der Waals surface area contributed by atoms with Crippen molar-refractivity contribution in [3.05, 3.63) is 52.6 Å². The molecule has 47 heavy (non-hydrogen) atoms. The first kappa shape index (κ1) is 38.1. The maximum Gasteiger partial charge on any atom is 0.408 e. The molecule has 3 rings (SSSR count). The van der Waals surface area contributed by atoms with Gasteiger partial charge in [0.1, 0.15) is 17.0 Å². The summed E-state index contributed by atoms with van der Waals surface area (Å²) in [6.45, 7) is 7.11. The number of unbranched alkanes of at least 4 members (excludes halogenated alkanes) is 1. The lowest BCUT2D eigenvalue weighted by atomic mass is 10.0. The van der Waals surface area contributed by atoms with Gasteiger partial charge in [0.15, 0.2) is 16.4 Å². The fraction of sp³-hybridized carbons (Fsp3) is 0.438. The first-order valence-electron chi connectivity index (χ1n) is 14.8. The number of ether oxygens (including phenoxy) is 2. The van der Waals surface area contributed by atoms with Gasteiger partial charge in [0.25, 0.3) is 5.91 Å². The van der Waals surface area contributed by atoms with Crippen LogP contribution < -0.4 is 10.2 Å². The number of ketones is 1. The topological polar surface area (TPSA) is 141 Å². The summed E-state index contributed by atoms with van der Waals surface area (Å²) >= 11 is 24.6. The Morgan fingerprint density at radius 2 is 1.72 bits per heavy atom. The highest BCUT2D eigenvalue weighted by Crippen LogP contribution is 2.36. The fourth-order valence-corrected chi connectivity index (χ4v) is 5.11. The van der Waals surface area contributed by atoms with Crippen LogP contribution in [0.15, 0.2) is 47.1 Å². The van der Waals surface area contributed by atoms with Crippen molar-refractivity contribution < 1.29 is 33.2 Å². The minimum Gasteiger partial charge on any atom is -0.466 e. The summed E-state index contributed by atoms with van der Waals surface area (Å²) in [7, 11) is 0. The second kappa shape index (κ2) is 17.7. The van der Waals surface area contributed by atoms with E-state index in [1.165, 1.54) is 17.2 Å². The van der Waals surface area contributed by atoms with Crippen LogP contribution >= 0.6 is 46.4 Å². The van der Waals surface area contributed by atoms with Gasteiger partial charge in [0.2, 0.25) is 0 Å². The van der Waals surface area contributed by atoms with E-state index < -0.39 is 40.2 Å². The van der Waals surface area contributed by atoms with Crippen molar-refractivity contribution >= 4 is 75.8 Å². The molecule has 0 bridgehead atoms. The first-order chi connectivity index (χ1) is 22.2. The number of anilines is 1. The van der Waals surface area contributed by atoms with Gasteiger partial charge in [0.05, 0.1) is 22.7 Å². The van der Waals surface area contributed by atoms with Crippen molar-refractivity contribution in [3.63, 3.8) is 0 Å². The number of rotatable bonds is 15. The first-order valence-corrected chi connectivity index (χ1v) is 16.5. The Kier molecular flexibility index (Phi) is 14.3. The molecule has 15 heteroatoms. The second-order valence-corrected chi connectivity index (χ2v) is 13.3. The SMILES string of the molecule is CCCCOC(=O)CCC(NC(=O)OC(C)(C)C)C(=O)CCN(C(=O)C(Cl)Cl)c1ccnc(-c2cc(-c3c(Cl)cccc3Cl)no2)c1. The fourth-order valence-electron chi connectivity index (χ4n) is 4.29. The summed E-state index contributed by atoms with van der Waals surface area (Å²) < 4.78 is 16.0.